The second-order valence-corrected chi connectivity index (χ2v) is 6.88. The Morgan fingerprint density at radius 2 is 2.17 bits per heavy atom. The van der Waals surface area contributed by atoms with Gasteiger partial charge in [0.1, 0.15) is 11.5 Å². The van der Waals surface area contributed by atoms with Crippen LogP contribution < -0.4 is 11.0 Å². The number of thiophene rings is 1. The molecule has 3 rings (SSSR count). The van der Waals surface area contributed by atoms with Crippen LogP contribution >= 0.6 is 33.9 Å². The van der Waals surface area contributed by atoms with Crippen LogP contribution in [0.4, 0.5) is 5.69 Å². The zero-order valence-electron chi connectivity index (χ0n) is 12.1. The first-order chi connectivity index (χ1) is 11.0. The molecule has 0 bridgehead atoms. The molecule has 0 unspecified atom stereocenters. The first-order valence-electron chi connectivity index (χ1n) is 6.67. The maximum Gasteiger partial charge on any atom is 0.369 e. The van der Waals surface area contributed by atoms with Crippen molar-refractivity contribution in [2.75, 3.05) is 5.32 Å². The van der Waals surface area contributed by atoms with E-state index in [1.54, 1.807) is 6.07 Å². The monoisotopic (exact) mass is 441 g/mol. The second-order valence-electron chi connectivity index (χ2n) is 4.79. The molecule has 3 aromatic rings. The van der Waals surface area contributed by atoms with Crippen molar-refractivity contribution in [3.63, 3.8) is 0 Å². The summed E-state index contributed by atoms with van der Waals surface area (Å²) in [7, 11) is 0. The first kappa shape index (κ1) is 15.9. The maximum atomic E-state index is 12.2. The molecule has 1 N–H and O–H groups in total. The number of nitrogens with zero attached hydrogens (tertiary/aromatic N) is 4. The molecule has 0 spiro atoms. The molecule has 2 heterocycles. The average Bonchev–Trinajstić information content (AvgIpc) is 3.14. The SMILES string of the molecule is Cc1ccc(NC(=O)Cn2nnn(-c3cccs3)c2=O)cc1I. The van der Waals surface area contributed by atoms with Gasteiger partial charge in [0.15, 0.2) is 0 Å². The minimum Gasteiger partial charge on any atom is -0.324 e. The van der Waals surface area contributed by atoms with Crippen molar-refractivity contribution in [1.82, 2.24) is 19.8 Å². The largest absolute Gasteiger partial charge is 0.369 e. The van der Waals surface area contributed by atoms with Gasteiger partial charge >= 0.3 is 5.69 Å². The maximum absolute atomic E-state index is 12.2. The molecule has 0 atom stereocenters. The van der Waals surface area contributed by atoms with Crippen molar-refractivity contribution in [2.24, 2.45) is 0 Å². The second kappa shape index (κ2) is 6.62. The van der Waals surface area contributed by atoms with Crippen molar-refractivity contribution in [2.45, 2.75) is 13.5 Å². The molecule has 0 aliphatic rings. The Bertz CT molecular complexity index is 900. The molecular formula is C14H12IN5O2S. The summed E-state index contributed by atoms with van der Waals surface area (Å²) in [5.74, 6) is -0.329. The number of tetrazole rings is 1. The van der Waals surface area contributed by atoms with E-state index in [-0.39, 0.29) is 12.5 Å². The highest BCUT2D eigenvalue weighted by molar-refractivity contribution is 14.1. The Balaban J connectivity index is 1.73. The van der Waals surface area contributed by atoms with E-state index in [0.717, 1.165) is 13.8 Å². The van der Waals surface area contributed by atoms with Gasteiger partial charge < -0.3 is 5.32 Å². The molecule has 7 nitrogen and oxygen atoms in total. The van der Waals surface area contributed by atoms with Crippen LogP contribution in [0.1, 0.15) is 5.56 Å². The fraction of sp³-hybridized carbons (Fsp3) is 0.143. The molecule has 118 valence electrons. The number of aromatic nitrogens is 4. The van der Waals surface area contributed by atoms with Gasteiger partial charge in [-0.15, -0.1) is 11.3 Å². The van der Waals surface area contributed by atoms with E-state index in [0.29, 0.717) is 10.7 Å². The van der Waals surface area contributed by atoms with E-state index in [1.807, 2.05) is 36.6 Å². The normalized spacial score (nSPS) is 10.7. The summed E-state index contributed by atoms with van der Waals surface area (Å²) in [6, 6.07) is 9.20. The molecule has 0 aliphatic carbocycles. The highest BCUT2D eigenvalue weighted by atomic mass is 127. The molecular weight excluding hydrogens is 429 g/mol. The van der Waals surface area contributed by atoms with Gasteiger partial charge in [-0.2, -0.15) is 9.36 Å². The van der Waals surface area contributed by atoms with Crippen LogP contribution in [0.15, 0.2) is 40.5 Å². The minimum absolute atomic E-state index is 0.186. The summed E-state index contributed by atoms with van der Waals surface area (Å²) >= 11 is 3.58. The number of nitrogens with one attached hydrogen (secondary N) is 1. The molecule has 1 amide bonds. The van der Waals surface area contributed by atoms with E-state index >= 15 is 0 Å². The van der Waals surface area contributed by atoms with Crippen LogP contribution in [-0.4, -0.2) is 25.7 Å². The van der Waals surface area contributed by atoms with Crippen molar-refractivity contribution in [3.05, 3.63) is 55.3 Å². The van der Waals surface area contributed by atoms with Gasteiger partial charge in [-0.05, 0) is 75.2 Å². The quantitative estimate of drug-likeness (QED) is 0.629. The Morgan fingerprint density at radius 3 is 2.87 bits per heavy atom. The molecule has 0 fully saturated rings. The number of carbonyl (C=O) groups excluding carboxylic acids is 1. The number of anilines is 1. The summed E-state index contributed by atoms with van der Waals surface area (Å²) < 4.78 is 3.27. The zero-order valence-corrected chi connectivity index (χ0v) is 15.0. The molecule has 0 aliphatic heterocycles. The van der Waals surface area contributed by atoms with Crippen molar-refractivity contribution in [3.8, 4) is 5.00 Å². The van der Waals surface area contributed by atoms with E-state index < -0.39 is 5.69 Å². The van der Waals surface area contributed by atoms with Gasteiger partial charge in [-0.1, -0.05) is 6.07 Å². The molecule has 9 heteroatoms. The lowest BCUT2D eigenvalue weighted by Crippen LogP contribution is -2.29. The predicted molar refractivity (Wildman–Crippen MR) is 96.0 cm³/mol. The molecule has 0 saturated carbocycles. The Kier molecular flexibility index (Phi) is 4.57. The standard InChI is InChI=1S/C14H12IN5O2S/c1-9-4-5-10(7-11(9)15)16-12(21)8-19-14(22)20(18-17-19)13-3-2-6-23-13/h2-7H,8H2,1H3,(H,16,21). The van der Waals surface area contributed by atoms with Crippen LogP contribution in [0, 0.1) is 10.5 Å². The number of hydrogen-bond acceptors (Lipinski definition) is 5. The first-order valence-corrected chi connectivity index (χ1v) is 8.63. The Labute approximate surface area is 149 Å². The van der Waals surface area contributed by atoms with E-state index in [2.05, 4.69) is 38.3 Å². The molecule has 0 radical (unpaired) electrons. The Morgan fingerprint density at radius 1 is 1.35 bits per heavy atom. The molecule has 1 aromatic carbocycles. The van der Waals surface area contributed by atoms with E-state index in [9.17, 15) is 9.59 Å². The third-order valence-corrected chi connectivity index (χ3v) is 5.11. The van der Waals surface area contributed by atoms with Gasteiger partial charge in [0.2, 0.25) is 5.91 Å². The van der Waals surface area contributed by atoms with Gasteiger partial charge in [0.25, 0.3) is 0 Å². The van der Waals surface area contributed by atoms with Crippen LogP contribution in [0.2, 0.25) is 0 Å². The van der Waals surface area contributed by atoms with Gasteiger partial charge in [-0.3, -0.25) is 4.79 Å². The Hall–Kier alpha value is -2.01. The van der Waals surface area contributed by atoms with Crippen LogP contribution in [0.3, 0.4) is 0 Å². The fourth-order valence-electron chi connectivity index (χ4n) is 1.91. The molecule has 23 heavy (non-hydrogen) atoms. The number of hydrogen-bond donors (Lipinski definition) is 1. The lowest BCUT2D eigenvalue weighted by atomic mass is 10.2. The summed E-state index contributed by atoms with van der Waals surface area (Å²) in [6.45, 7) is 1.81. The summed E-state index contributed by atoms with van der Waals surface area (Å²) in [4.78, 5) is 24.3. The van der Waals surface area contributed by atoms with Gasteiger partial charge in [-0.25, -0.2) is 4.79 Å². The number of benzene rings is 1. The van der Waals surface area contributed by atoms with Crippen molar-refractivity contribution < 1.29 is 4.79 Å². The smallest absolute Gasteiger partial charge is 0.324 e. The summed E-state index contributed by atoms with van der Waals surface area (Å²) in [5, 5.41) is 12.8. The van der Waals surface area contributed by atoms with Crippen molar-refractivity contribution in [1.29, 1.82) is 0 Å². The zero-order chi connectivity index (χ0) is 16.4. The van der Waals surface area contributed by atoms with Crippen LogP contribution in [0.5, 0.6) is 0 Å². The summed E-state index contributed by atoms with van der Waals surface area (Å²) in [5.41, 5.74) is 1.38. The lowest BCUT2D eigenvalue weighted by Gasteiger charge is -2.06. The summed E-state index contributed by atoms with van der Waals surface area (Å²) in [6.07, 6.45) is 0. The number of rotatable bonds is 4. The number of aryl methyl sites for hydroxylation is 1. The number of carbonyl (C=O) groups is 1. The van der Waals surface area contributed by atoms with Gasteiger partial charge in [0.05, 0.1) is 0 Å². The highest BCUT2D eigenvalue weighted by Crippen LogP contribution is 2.17. The third-order valence-electron chi connectivity index (χ3n) is 3.10. The van der Waals surface area contributed by atoms with Gasteiger partial charge in [0, 0.05) is 9.26 Å². The average molecular weight is 441 g/mol. The topological polar surface area (TPSA) is 81.8 Å². The predicted octanol–water partition coefficient (Wildman–Crippen LogP) is 2.04. The molecule has 0 saturated heterocycles. The highest BCUT2D eigenvalue weighted by Gasteiger charge is 2.13. The lowest BCUT2D eigenvalue weighted by molar-refractivity contribution is -0.117. The van der Waals surface area contributed by atoms with Crippen LogP contribution in [0.25, 0.3) is 5.00 Å². The number of amides is 1. The van der Waals surface area contributed by atoms with Crippen molar-refractivity contribution >= 4 is 45.5 Å². The number of halogens is 1. The van der Waals surface area contributed by atoms with E-state index in [1.165, 1.54) is 16.0 Å². The minimum atomic E-state index is -0.443. The van der Waals surface area contributed by atoms with Crippen LogP contribution in [-0.2, 0) is 11.3 Å². The fourth-order valence-corrected chi connectivity index (χ4v) is 3.09. The van der Waals surface area contributed by atoms with E-state index in [4.69, 9.17) is 0 Å². The molecule has 2 aromatic heterocycles. The third kappa shape index (κ3) is 3.50.